The second kappa shape index (κ2) is 12.6. The van der Waals surface area contributed by atoms with Gasteiger partial charge in [0.05, 0.1) is 34.1 Å². The quantitative estimate of drug-likeness (QED) is 0.173. The number of amides is 1. The number of rotatable bonds is 10. The molecule has 1 saturated heterocycles. The summed E-state index contributed by atoms with van der Waals surface area (Å²) in [5, 5.41) is 21.6. The number of benzene rings is 2. The van der Waals surface area contributed by atoms with Crippen LogP contribution < -0.4 is 10.2 Å². The number of methoxy groups -OCH3 is 1. The number of nitrogens with one attached hydrogen (secondary N) is 1. The number of halogens is 3. The van der Waals surface area contributed by atoms with E-state index in [1.807, 2.05) is 5.48 Å². The van der Waals surface area contributed by atoms with Crippen molar-refractivity contribution in [2.24, 2.45) is 5.41 Å². The van der Waals surface area contributed by atoms with Gasteiger partial charge in [0.25, 0.3) is 0 Å². The molecular weight excluding hydrogens is 536 g/mol. The number of aromatic nitrogens is 1. The van der Waals surface area contributed by atoms with E-state index < -0.39 is 29.1 Å². The molecule has 4 rings (SSSR count). The normalized spacial score (nSPS) is 16.4. The first-order valence-corrected chi connectivity index (χ1v) is 13.7. The van der Waals surface area contributed by atoms with Crippen LogP contribution in [0.3, 0.4) is 0 Å². The van der Waals surface area contributed by atoms with Gasteiger partial charge in [0.15, 0.2) is 0 Å². The fourth-order valence-electron chi connectivity index (χ4n) is 5.00. The molecule has 38 heavy (non-hydrogen) atoms. The zero-order valence-corrected chi connectivity index (χ0v) is 22.5. The lowest BCUT2D eigenvalue weighted by molar-refractivity contribution is -0.143. The van der Waals surface area contributed by atoms with E-state index in [9.17, 15) is 23.9 Å². The predicted octanol–water partition coefficient (Wildman–Crippen LogP) is 5.37. The minimum absolute atomic E-state index is 0.00687. The summed E-state index contributed by atoms with van der Waals surface area (Å²) in [6.07, 6.45) is 2.02. The van der Waals surface area contributed by atoms with Gasteiger partial charge in [0.1, 0.15) is 17.4 Å². The van der Waals surface area contributed by atoms with Crippen LogP contribution in [0.5, 0.6) is 5.75 Å². The number of pyridine rings is 1. The summed E-state index contributed by atoms with van der Waals surface area (Å²) in [7, 11) is 1.55. The predicted molar refractivity (Wildman–Crippen MR) is 143 cm³/mol. The Hall–Kier alpha value is -2.50. The molecule has 3 N–H and O–H groups in total. The summed E-state index contributed by atoms with van der Waals surface area (Å²) in [6, 6.07) is 9.15. The Bertz CT molecular complexity index is 1270. The van der Waals surface area contributed by atoms with Gasteiger partial charge in [-0.2, -0.15) is 0 Å². The lowest BCUT2D eigenvalue weighted by atomic mass is 9.73. The Morgan fingerprint density at radius 3 is 2.63 bits per heavy atom. The Kier molecular flexibility index (Phi) is 9.43. The zero-order chi connectivity index (χ0) is 27.3. The van der Waals surface area contributed by atoms with E-state index in [4.69, 9.17) is 16.3 Å². The monoisotopic (exact) mass is 565 g/mol. The molecule has 1 aliphatic heterocycles. The maximum absolute atomic E-state index is 13.9. The molecule has 3 aromatic rings. The second-order valence-corrected chi connectivity index (χ2v) is 10.9. The van der Waals surface area contributed by atoms with Crippen LogP contribution in [-0.2, 0) is 4.79 Å². The molecule has 1 aromatic heterocycles. The minimum atomic E-state index is -0.964. The molecule has 11 heteroatoms. The molecule has 1 aliphatic rings. The van der Waals surface area contributed by atoms with E-state index in [-0.39, 0.29) is 11.3 Å². The van der Waals surface area contributed by atoms with Crippen LogP contribution >= 0.6 is 23.4 Å². The van der Waals surface area contributed by atoms with Crippen LogP contribution in [0.4, 0.5) is 8.78 Å². The average molecular weight is 566 g/mol. The molecule has 0 aliphatic carbocycles. The maximum atomic E-state index is 13.9. The van der Waals surface area contributed by atoms with E-state index in [0.29, 0.717) is 71.9 Å². The zero-order valence-electron chi connectivity index (χ0n) is 20.9. The number of piperidine rings is 1. The Morgan fingerprint density at radius 1 is 1.26 bits per heavy atom. The minimum Gasteiger partial charge on any atom is -0.497 e. The number of likely N-dealkylation sites (tertiary alicyclic amines) is 1. The van der Waals surface area contributed by atoms with Crippen molar-refractivity contribution in [2.45, 2.75) is 36.7 Å². The number of fused-ring (bicyclic) bond motifs is 1. The topological polar surface area (TPSA) is 94.9 Å². The molecule has 2 heterocycles. The van der Waals surface area contributed by atoms with Crippen LogP contribution in [0.1, 0.15) is 37.4 Å². The number of hydroxylamine groups is 1. The molecule has 0 unspecified atom stereocenters. The number of aliphatic hydroxyl groups excluding tert-OH is 1. The fraction of sp³-hybridized carbons (Fsp3) is 0.407. The first-order valence-electron chi connectivity index (χ1n) is 12.3. The van der Waals surface area contributed by atoms with Gasteiger partial charge in [-0.3, -0.25) is 15.0 Å². The molecule has 2 aromatic carbocycles. The largest absolute Gasteiger partial charge is 0.497 e. The van der Waals surface area contributed by atoms with E-state index in [2.05, 4.69) is 9.88 Å². The molecule has 0 radical (unpaired) electrons. The van der Waals surface area contributed by atoms with Crippen LogP contribution in [0.15, 0.2) is 47.5 Å². The van der Waals surface area contributed by atoms with Gasteiger partial charge >= 0.3 is 0 Å². The number of nitrogens with zero attached hydrogens (tertiary/aromatic N) is 2. The molecule has 0 bridgehead atoms. The molecule has 1 atom stereocenters. The summed E-state index contributed by atoms with van der Waals surface area (Å²) >= 11 is 7.56. The third-order valence-corrected chi connectivity index (χ3v) is 8.63. The molecule has 0 spiro atoms. The molecular formula is C27H30ClF2N3O4S. The first-order chi connectivity index (χ1) is 18.3. The van der Waals surface area contributed by atoms with Crippen molar-refractivity contribution in [3.63, 3.8) is 0 Å². The summed E-state index contributed by atoms with van der Waals surface area (Å²) in [5.41, 5.74) is 2.12. The number of aliphatic hydroxyl groups is 1. The van der Waals surface area contributed by atoms with Crippen molar-refractivity contribution < 1.29 is 28.6 Å². The van der Waals surface area contributed by atoms with Gasteiger partial charge < -0.3 is 14.7 Å². The van der Waals surface area contributed by atoms with Crippen molar-refractivity contribution in [3.05, 3.63) is 64.8 Å². The first kappa shape index (κ1) is 28.5. The van der Waals surface area contributed by atoms with Crippen molar-refractivity contribution >= 4 is 40.2 Å². The number of hydrogen-bond donors (Lipinski definition) is 3. The highest BCUT2D eigenvalue weighted by Crippen LogP contribution is 2.41. The second-order valence-electron chi connectivity index (χ2n) is 9.42. The van der Waals surface area contributed by atoms with Gasteiger partial charge in [0, 0.05) is 29.4 Å². The lowest BCUT2D eigenvalue weighted by Crippen LogP contribution is -2.48. The van der Waals surface area contributed by atoms with E-state index >= 15 is 0 Å². The van der Waals surface area contributed by atoms with E-state index in [1.165, 1.54) is 24.4 Å². The van der Waals surface area contributed by atoms with Gasteiger partial charge in [-0.25, -0.2) is 14.3 Å². The van der Waals surface area contributed by atoms with E-state index in [0.717, 1.165) is 11.8 Å². The highest BCUT2D eigenvalue weighted by atomic mass is 35.5. The number of hydrogen-bond acceptors (Lipinski definition) is 7. The van der Waals surface area contributed by atoms with Crippen LogP contribution in [0.25, 0.3) is 10.9 Å². The standard InChI is InChI=1S/C27H30ClF2N3O4S/c1-37-17-5-6-22-18(15-17)24(19(28)16-31-22)23(34)7-8-27(26(35)32-36)9-11-33(12-10-27)13-14-38-25-20(29)3-2-4-21(25)30/h2-6,15-16,23,34,36H,7-14H2,1H3,(H,32,35)/t23-/m1/s1. The van der Waals surface area contributed by atoms with Crippen molar-refractivity contribution in [1.82, 2.24) is 15.4 Å². The summed E-state index contributed by atoms with van der Waals surface area (Å²) in [4.78, 5) is 19.2. The highest BCUT2D eigenvalue weighted by molar-refractivity contribution is 7.99. The molecule has 204 valence electrons. The van der Waals surface area contributed by atoms with Gasteiger partial charge in [-0.05, 0) is 69.1 Å². The number of thioether (sulfide) groups is 1. The summed E-state index contributed by atoms with van der Waals surface area (Å²) in [5.74, 6) is -0.543. The highest BCUT2D eigenvalue weighted by Gasteiger charge is 2.41. The lowest BCUT2D eigenvalue weighted by Gasteiger charge is -2.40. The Morgan fingerprint density at radius 2 is 1.97 bits per heavy atom. The number of ether oxygens (including phenoxy) is 1. The third-order valence-electron chi connectivity index (χ3n) is 7.27. The van der Waals surface area contributed by atoms with Crippen LogP contribution in [-0.4, -0.2) is 58.6 Å². The van der Waals surface area contributed by atoms with Crippen molar-refractivity contribution in [1.29, 1.82) is 0 Å². The fourth-order valence-corrected chi connectivity index (χ4v) is 6.24. The van der Waals surface area contributed by atoms with Gasteiger partial charge in [0.2, 0.25) is 5.91 Å². The maximum Gasteiger partial charge on any atom is 0.249 e. The molecule has 1 fully saturated rings. The van der Waals surface area contributed by atoms with Crippen LogP contribution in [0.2, 0.25) is 5.02 Å². The van der Waals surface area contributed by atoms with Gasteiger partial charge in [-0.1, -0.05) is 17.7 Å². The Balaban J connectivity index is 1.40. The van der Waals surface area contributed by atoms with Gasteiger partial charge in [-0.15, -0.1) is 11.8 Å². The smallest absolute Gasteiger partial charge is 0.249 e. The molecule has 1 amide bonds. The third kappa shape index (κ3) is 6.21. The van der Waals surface area contributed by atoms with Crippen molar-refractivity contribution in [3.8, 4) is 5.75 Å². The number of carbonyl (C=O) groups excluding carboxylic acids is 1. The summed E-state index contributed by atoms with van der Waals surface area (Å²) < 4.78 is 33.1. The Labute approximate surface area is 229 Å². The van der Waals surface area contributed by atoms with Crippen molar-refractivity contribution in [2.75, 3.05) is 32.5 Å². The van der Waals surface area contributed by atoms with E-state index in [1.54, 1.807) is 25.3 Å². The SMILES string of the molecule is COc1ccc2ncc(Cl)c([C@H](O)CCC3(C(=O)NO)CCN(CCSc4c(F)cccc4F)CC3)c2c1. The summed E-state index contributed by atoms with van der Waals surface area (Å²) in [6.45, 7) is 1.73. The van der Waals surface area contributed by atoms with Crippen LogP contribution in [0, 0.1) is 17.0 Å². The molecule has 7 nitrogen and oxygen atoms in total. The molecule has 0 saturated carbocycles. The number of carbonyl (C=O) groups is 1. The average Bonchev–Trinajstić information content (AvgIpc) is 2.93.